The van der Waals surface area contributed by atoms with Gasteiger partial charge in [-0.15, -0.1) is 0 Å². The summed E-state index contributed by atoms with van der Waals surface area (Å²) < 4.78 is 6.41. The van der Waals surface area contributed by atoms with E-state index >= 15 is 0 Å². The van der Waals surface area contributed by atoms with Gasteiger partial charge in [0.1, 0.15) is 5.76 Å². The number of fused-ring (bicyclic) bond motifs is 1. The summed E-state index contributed by atoms with van der Waals surface area (Å²) in [7, 11) is 0. The fourth-order valence-electron chi connectivity index (χ4n) is 2.07. The first kappa shape index (κ1) is 13.2. The molecule has 0 aliphatic rings. The van der Waals surface area contributed by atoms with Gasteiger partial charge in [0.25, 0.3) is 0 Å². The van der Waals surface area contributed by atoms with Crippen molar-refractivity contribution >= 4 is 44.5 Å². The van der Waals surface area contributed by atoms with Crippen LogP contribution in [0.15, 0.2) is 51.4 Å². The second-order valence-electron chi connectivity index (χ2n) is 4.26. The van der Waals surface area contributed by atoms with Gasteiger partial charge in [0, 0.05) is 15.4 Å². The largest absolute Gasteiger partial charge is 0.478 e. The van der Waals surface area contributed by atoms with Gasteiger partial charge in [-0.3, -0.25) is 0 Å². The molecule has 3 rings (SSSR count). The monoisotopic (exact) mass is 350 g/mol. The van der Waals surface area contributed by atoms with Crippen LogP contribution in [0.3, 0.4) is 0 Å². The maximum Gasteiger partial charge on any atom is 0.336 e. The lowest BCUT2D eigenvalue weighted by Crippen LogP contribution is -1.98. The number of benzene rings is 2. The first-order chi connectivity index (χ1) is 9.56. The zero-order valence-corrected chi connectivity index (χ0v) is 12.4. The summed E-state index contributed by atoms with van der Waals surface area (Å²) in [4.78, 5) is 11.3. The van der Waals surface area contributed by atoms with Crippen molar-refractivity contribution in [1.29, 1.82) is 0 Å². The highest BCUT2D eigenvalue weighted by atomic mass is 79.9. The molecule has 0 bridgehead atoms. The van der Waals surface area contributed by atoms with Crippen molar-refractivity contribution in [3.63, 3.8) is 0 Å². The third-order valence-corrected chi connectivity index (χ3v) is 3.76. The molecule has 0 spiro atoms. The molecule has 0 saturated carbocycles. The predicted molar refractivity (Wildman–Crippen MR) is 81.3 cm³/mol. The molecule has 5 heteroatoms. The standard InChI is InChI=1S/C15H8BrClO3/c16-9-4-5-10(11(7-9)15(18)19)13-6-8-2-1-3-12(17)14(8)20-13/h1-7H,(H,18,19). The summed E-state index contributed by atoms with van der Waals surface area (Å²) in [5.41, 5.74) is 1.26. The van der Waals surface area contributed by atoms with E-state index in [0.717, 1.165) is 5.39 Å². The summed E-state index contributed by atoms with van der Waals surface area (Å²) in [5.74, 6) is -0.522. The van der Waals surface area contributed by atoms with E-state index in [4.69, 9.17) is 16.0 Å². The second-order valence-corrected chi connectivity index (χ2v) is 5.59. The number of hydrogen-bond acceptors (Lipinski definition) is 2. The maximum absolute atomic E-state index is 11.3. The molecule has 0 aliphatic carbocycles. The Morgan fingerprint density at radius 1 is 1.20 bits per heavy atom. The molecule has 0 amide bonds. The van der Waals surface area contributed by atoms with Crippen LogP contribution < -0.4 is 0 Å². The van der Waals surface area contributed by atoms with Crippen molar-refractivity contribution in [3.05, 3.63) is 57.5 Å². The molecular formula is C15H8BrClO3. The molecule has 0 saturated heterocycles. The van der Waals surface area contributed by atoms with Gasteiger partial charge >= 0.3 is 5.97 Å². The predicted octanol–water partition coefficient (Wildman–Crippen LogP) is 5.21. The lowest BCUT2D eigenvalue weighted by molar-refractivity contribution is 0.0697. The average Bonchev–Trinajstić information content (AvgIpc) is 2.84. The number of para-hydroxylation sites is 1. The SMILES string of the molecule is O=C(O)c1cc(Br)ccc1-c1cc2cccc(Cl)c2o1. The van der Waals surface area contributed by atoms with Crippen molar-refractivity contribution in [1.82, 2.24) is 0 Å². The van der Waals surface area contributed by atoms with E-state index in [2.05, 4.69) is 15.9 Å². The summed E-state index contributed by atoms with van der Waals surface area (Å²) >= 11 is 9.34. The van der Waals surface area contributed by atoms with Crippen molar-refractivity contribution < 1.29 is 14.3 Å². The molecule has 1 N–H and O–H groups in total. The van der Waals surface area contributed by atoms with Crippen LogP contribution in [0.25, 0.3) is 22.3 Å². The normalized spacial score (nSPS) is 10.9. The molecule has 3 aromatic rings. The van der Waals surface area contributed by atoms with Gasteiger partial charge in [0.15, 0.2) is 5.58 Å². The van der Waals surface area contributed by atoms with Gasteiger partial charge in [-0.1, -0.05) is 39.7 Å². The number of carboxylic acid groups (broad SMARTS) is 1. The van der Waals surface area contributed by atoms with Crippen LogP contribution in [0.4, 0.5) is 0 Å². The lowest BCUT2D eigenvalue weighted by atomic mass is 10.1. The highest BCUT2D eigenvalue weighted by molar-refractivity contribution is 9.10. The summed E-state index contributed by atoms with van der Waals surface area (Å²) in [6.45, 7) is 0. The van der Waals surface area contributed by atoms with E-state index in [-0.39, 0.29) is 5.56 Å². The van der Waals surface area contributed by atoms with Crippen molar-refractivity contribution in [2.24, 2.45) is 0 Å². The Labute approximate surface area is 127 Å². The fourth-order valence-corrected chi connectivity index (χ4v) is 2.65. The molecule has 0 aliphatic heterocycles. The smallest absolute Gasteiger partial charge is 0.336 e. The van der Waals surface area contributed by atoms with Crippen LogP contribution in [0.2, 0.25) is 5.02 Å². The highest BCUT2D eigenvalue weighted by Gasteiger charge is 2.16. The number of rotatable bonds is 2. The Bertz CT molecular complexity index is 823. The summed E-state index contributed by atoms with van der Waals surface area (Å²) in [5, 5.41) is 10.6. The topological polar surface area (TPSA) is 50.4 Å². The molecule has 0 unspecified atom stereocenters. The Balaban J connectivity index is 2.25. The fraction of sp³-hybridized carbons (Fsp3) is 0. The van der Waals surface area contributed by atoms with Gasteiger partial charge in [-0.25, -0.2) is 4.79 Å². The molecule has 0 fully saturated rings. The third kappa shape index (κ3) is 2.21. The van der Waals surface area contributed by atoms with Crippen molar-refractivity contribution in [2.75, 3.05) is 0 Å². The van der Waals surface area contributed by atoms with E-state index in [1.807, 2.05) is 12.1 Å². The molecule has 1 aromatic heterocycles. The summed E-state index contributed by atoms with van der Waals surface area (Å²) in [6.07, 6.45) is 0. The number of aromatic carboxylic acids is 1. The van der Waals surface area contributed by atoms with Crippen molar-refractivity contribution in [2.45, 2.75) is 0 Å². The van der Waals surface area contributed by atoms with Crippen molar-refractivity contribution in [3.8, 4) is 11.3 Å². The molecule has 100 valence electrons. The van der Waals surface area contributed by atoms with Crippen LogP contribution in [0.5, 0.6) is 0 Å². The van der Waals surface area contributed by atoms with Crippen LogP contribution in [0, 0.1) is 0 Å². The number of carbonyl (C=O) groups is 1. The van der Waals surface area contributed by atoms with Gasteiger partial charge in [-0.2, -0.15) is 0 Å². The van der Waals surface area contributed by atoms with Gasteiger partial charge in [0.2, 0.25) is 0 Å². The van der Waals surface area contributed by atoms with Crippen LogP contribution >= 0.6 is 27.5 Å². The van der Waals surface area contributed by atoms with Crippen LogP contribution in [0.1, 0.15) is 10.4 Å². The van der Waals surface area contributed by atoms with E-state index in [1.54, 1.807) is 30.3 Å². The first-order valence-electron chi connectivity index (χ1n) is 5.77. The maximum atomic E-state index is 11.3. The van der Waals surface area contributed by atoms with Gasteiger partial charge in [0.05, 0.1) is 10.6 Å². The minimum atomic E-state index is -1.01. The number of carboxylic acids is 1. The molecule has 1 heterocycles. The Morgan fingerprint density at radius 2 is 2.00 bits per heavy atom. The minimum absolute atomic E-state index is 0.176. The van der Waals surface area contributed by atoms with E-state index < -0.39 is 5.97 Å². The van der Waals surface area contributed by atoms with Gasteiger partial charge < -0.3 is 9.52 Å². The first-order valence-corrected chi connectivity index (χ1v) is 6.94. The van der Waals surface area contributed by atoms with E-state index in [1.165, 1.54) is 0 Å². The lowest BCUT2D eigenvalue weighted by Gasteiger charge is -2.03. The molecule has 0 atom stereocenters. The van der Waals surface area contributed by atoms with E-state index in [0.29, 0.717) is 26.4 Å². The molecule has 20 heavy (non-hydrogen) atoms. The quantitative estimate of drug-likeness (QED) is 0.689. The second kappa shape index (κ2) is 4.96. The zero-order chi connectivity index (χ0) is 14.3. The van der Waals surface area contributed by atoms with Gasteiger partial charge in [-0.05, 0) is 30.3 Å². The Morgan fingerprint density at radius 3 is 2.70 bits per heavy atom. The average molecular weight is 352 g/mol. The highest BCUT2D eigenvalue weighted by Crippen LogP contribution is 2.34. The zero-order valence-electron chi connectivity index (χ0n) is 10.1. The minimum Gasteiger partial charge on any atom is -0.478 e. The number of hydrogen-bond donors (Lipinski definition) is 1. The van der Waals surface area contributed by atoms with Crippen LogP contribution in [-0.2, 0) is 0 Å². The number of furan rings is 1. The molecule has 2 aromatic carbocycles. The Kier molecular flexibility index (Phi) is 3.28. The molecular weight excluding hydrogens is 344 g/mol. The third-order valence-electron chi connectivity index (χ3n) is 2.97. The molecule has 3 nitrogen and oxygen atoms in total. The van der Waals surface area contributed by atoms with Crippen LogP contribution in [-0.4, -0.2) is 11.1 Å². The molecule has 0 radical (unpaired) electrons. The van der Waals surface area contributed by atoms with E-state index in [9.17, 15) is 9.90 Å². The summed E-state index contributed by atoms with van der Waals surface area (Å²) in [6, 6.07) is 12.2. The number of halogens is 2. The Hall–Kier alpha value is -1.78.